The number of rotatable bonds is 6. The molecule has 1 aliphatic rings. The van der Waals surface area contributed by atoms with Gasteiger partial charge < -0.3 is 14.6 Å². The molecule has 1 saturated heterocycles. The fourth-order valence-corrected chi connectivity index (χ4v) is 4.08. The number of anilines is 1. The summed E-state index contributed by atoms with van der Waals surface area (Å²) in [6, 6.07) is 12.4. The summed E-state index contributed by atoms with van der Waals surface area (Å²) in [5.74, 6) is -0.401. The van der Waals surface area contributed by atoms with Crippen molar-refractivity contribution in [2.24, 2.45) is 0 Å². The third kappa shape index (κ3) is 4.79. The average Bonchev–Trinajstić information content (AvgIpc) is 3.27. The summed E-state index contributed by atoms with van der Waals surface area (Å²) in [5.41, 5.74) is 0.974. The number of hydrogen-bond donors (Lipinski definition) is 1. The molecule has 0 radical (unpaired) electrons. The maximum Gasteiger partial charge on any atom is 0.318 e. The highest BCUT2D eigenvalue weighted by atomic mass is 32.2. The minimum absolute atomic E-state index is 0.0137. The van der Waals surface area contributed by atoms with E-state index < -0.39 is 23.6 Å². The van der Waals surface area contributed by atoms with Gasteiger partial charge in [-0.2, -0.15) is 11.8 Å². The largest absolute Gasteiger partial charge is 0.406 e. The van der Waals surface area contributed by atoms with Crippen LogP contribution in [0.1, 0.15) is 27.9 Å². The summed E-state index contributed by atoms with van der Waals surface area (Å²) >= 11 is 1.87. The first-order chi connectivity index (χ1) is 14.6. The number of benzene rings is 2. The molecule has 1 aliphatic heterocycles. The Bertz CT molecular complexity index is 1010. The van der Waals surface area contributed by atoms with Crippen LogP contribution in [0.2, 0.25) is 0 Å². The Hall–Kier alpha value is -2.94. The molecule has 2 aromatic carbocycles. The van der Waals surface area contributed by atoms with E-state index in [1.165, 1.54) is 6.07 Å². The number of hydrogen-bond acceptors (Lipinski definition) is 6. The summed E-state index contributed by atoms with van der Waals surface area (Å²) < 4.78 is 32.6. The number of halogens is 2. The summed E-state index contributed by atoms with van der Waals surface area (Å²) in [6.45, 7) is 1.63. The molecule has 4 rings (SSSR count). The lowest BCUT2D eigenvalue weighted by molar-refractivity contribution is 0.0929. The molecule has 6 nitrogen and oxygen atoms in total. The Labute approximate surface area is 176 Å². The maximum absolute atomic E-state index is 13.6. The van der Waals surface area contributed by atoms with E-state index in [1.807, 2.05) is 47.0 Å². The van der Waals surface area contributed by atoms with Gasteiger partial charge in [0.05, 0.1) is 0 Å². The Morgan fingerprint density at radius 3 is 2.60 bits per heavy atom. The number of nitrogens with zero attached hydrogens (tertiary/aromatic N) is 3. The molecular weight excluding hydrogens is 410 g/mol. The van der Waals surface area contributed by atoms with Gasteiger partial charge in [-0.15, -0.1) is 5.10 Å². The molecule has 1 N–H and O–H groups in total. The minimum atomic E-state index is -1.08. The van der Waals surface area contributed by atoms with Gasteiger partial charge in [-0.05, 0) is 23.8 Å². The molecule has 1 atom stereocenters. The molecule has 9 heteroatoms. The molecule has 156 valence electrons. The van der Waals surface area contributed by atoms with Crippen LogP contribution in [0.3, 0.4) is 0 Å². The van der Waals surface area contributed by atoms with Crippen LogP contribution in [0, 0.1) is 11.6 Å². The second-order valence-corrected chi connectivity index (χ2v) is 8.09. The van der Waals surface area contributed by atoms with Crippen molar-refractivity contribution >= 4 is 23.7 Å². The van der Waals surface area contributed by atoms with Crippen molar-refractivity contribution in [3.63, 3.8) is 0 Å². The van der Waals surface area contributed by atoms with Crippen LogP contribution in [0.25, 0.3) is 0 Å². The van der Waals surface area contributed by atoms with E-state index in [9.17, 15) is 13.6 Å². The lowest BCUT2D eigenvalue weighted by atomic mass is 10.1. The number of carbonyl (C=O) groups is 1. The standard InChI is InChI=1S/C21H20F2N4O2S/c22-16-7-6-15(13-17(16)23)19(28)24-18(12-14-4-2-1-3-5-14)20-25-26-21(29-20)27-8-10-30-11-9-27/h1-7,13,18H,8-12H2,(H,24,28)/t18-/m0/s1. The van der Waals surface area contributed by atoms with Gasteiger partial charge >= 0.3 is 6.01 Å². The van der Waals surface area contributed by atoms with Crippen molar-refractivity contribution < 1.29 is 18.0 Å². The van der Waals surface area contributed by atoms with Gasteiger partial charge in [0.1, 0.15) is 6.04 Å². The van der Waals surface area contributed by atoms with Gasteiger partial charge in [0, 0.05) is 36.6 Å². The van der Waals surface area contributed by atoms with E-state index in [1.54, 1.807) is 0 Å². The zero-order chi connectivity index (χ0) is 20.9. The molecule has 30 heavy (non-hydrogen) atoms. The van der Waals surface area contributed by atoms with Crippen LogP contribution < -0.4 is 10.2 Å². The topological polar surface area (TPSA) is 71.3 Å². The summed E-state index contributed by atoms with van der Waals surface area (Å²) in [7, 11) is 0. The number of aromatic nitrogens is 2. The first-order valence-corrected chi connectivity index (χ1v) is 10.7. The highest BCUT2D eigenvalue weighted by Crippen LogP contribution is 2.24. The number of nitrogens with one attached hydrogen (secondary N) is 1. The lowest BCUT2D eigenvalue weighted by Crippen LogP contribution is -2.32. The molecule has 0 saturated carbocycles. The van der Waals surface area contributed by atoms with E-state index in [-0.39, 0.29) is 11.5 Å². The molecule has 0 unspecified atom stereocenters. The molecule has 1 aromatic heterocycles. The third-order valence-corrected chi connectivity index (χ3v) is 5.72. The second-order valence-electron chi connectivity index (χ2n) is 6.87. The summed E-state index contributed by atoms with van der Waals surface area (Å²) in [4.78, 5) is 14.7. The van der Waals surface area contributed by atoms with E-state index in [0.717, 1.165) is 42.3 Å². The fourth-order valence-electron chi connectivity index (χ4n) is 3.18. The summed E-state index contributed by atoms with van der Waals surface area (Å²) in [6.07, 6.45) is 0.410. The second kappa shape index (κ2) is 9.25. The quantitative estimate of drug-likeness (QED) is 0.644. The van der Waals surface area contributed by atoms with Crippen molar-refractivity contribution in [2.75, 3.05) is 29.5 Å². The van der Waals surface area contributed by atoms with Crippen LogP contribution in [0.4, 0.5) is 14.8 Å². The summed E-state index contributed by atoms with van der Waals surface area (Å²) in [5, 5.41) is 11.1. The van der Waals surface area contributed by atoms with Gasteiger partial charge in [0.2, 0.25) is 5.89 Å². The lowest BCUT2D eigenvalue weighted by Gasteiger charge is -2.24. The first-order valence-electron chi connectivity index (χ1n) is 9.56. The van der Waals surface area contributed by atoms with Crippen LogP contribution >= 0.6 is 11.8 Å². The van der Waals surface area contributed by atoms with Crippen molar-refractivity contribution in [1.82, 2.24) is 15.5 Å². The molecule has 2 heterocycles. The Morgan fingerprint density at radius 2 is 1.87 bits per heavy atom. The van der Waals surface area contributed by atoms with Gasteiger partial charge in [0.15, 0.2) is 11.6 Å². The van der Waals surface area contributed by atoms with Crippen molar-refractivity contribution in [3.8, 4) is 0 Å². The third-order valence-electron chi connectivity index (χ3n) is 4.78. The van der Waals surface area contributed by atoms with E-state index in [2.05, 4.69) is 15.5 Å². The zero-order valence-corrected chi connectivity index (χ0v) is 16.9. The number of thioether (sulfide) groups is 1. The average molecular weight is 430 g/mol. The van der Waals surface area contributed by atoms with Gasteiger partial charge in [-0.25, -0.2) is 8.78 Å². The zero-order valence-electron chi connectivity index (χ0n) is 16.1. The predicted molar refractivity (Wildman–Crippen MR) is 111 cm³/mol. The minimum Gasteiger partial charge on any atom is -0.406 e. The molecular formula is C21H20F2N4O2S. The molecule has 1 amide bonds. The Kier molecular flexibility index (Phi) is 6.27. The van der Waals surface area contributed by atoms with Crippen molar-refractivity contribution in [3.05, 3.63) is 77.2 Å². The monoisotopic (exact) mass is 430 g/mol. The Balaban J connectivity index is 1.57. The molecule has 0 bridgehead atoms. The highest BCUT2D eigenvalue weighted by molar-refractivity contribution is 7.99. The van der Waals surface area contributed by atoms with Crippen molar-refractivity contribution in [2.45, 2.75) is 12.5 Å². The van der Waals surface area contributed by atoms with E-state index >= 15 is 0 Å². The van der Waals surface area contributed by atoms with Gasteiger partial charge in [-0.3, -0.25) is 4.79 Å². The molecule has 1 fully saturated rings. The van der Waals surface area contributed by atoms with Crippen LogP contribution in [0.15, 0.2) is 52.9 Å². The number of carbonyl (C=O) groups excluding carboxylic acids is 1. The fraction of sp³-hybridized carbons (Fsp3) is 0.286. The SMILES string of the molecule is O=C(N[C@@H](Cc1ccccc1)c1nnc(N2CCSCC2)o1)c1ccc(F)c(F)c1. The first kappa shape index (κ1) is 20.3. The maximum atomic E-state index is 13.6. The van der Waals surface area contributed by atoms with E-state index in [0.29, 0.717) is 12.4 Å². The van der Waals surface area contributed by atoms with Crippen molar-refractivity contribution in [1.29, 1.82) is 0 Å². The molecule has 0 spiro atoms. The smallest absolute Gasteiger partial charge is 0.318 e. The van der Waals surface area contributed by atoms with Crippen LogP contribution in [-0.2, 0) is 6.42 Å². The number of amides is 1. The van der Waals surface area contributed by atoms with Crippen LogP contribution in [-0.4, -0.2) is 40.7 Å². The normalized spacial score (nSPS) is 15.1. The highest BCUT2D eigenvalue weighted by Gasteiger charge is 2.25. The predicted octanol–water partition coefficient (Wildman–Crippen LogP) is 3.61. The molecule has 0 aliphatic carbocycles. The Morgan fingerprint density at radius 1 is 1.10 bits per heavy atom. The molecule has 3 aromatic rings. The van der Waals surface area contributed by atoms with Gasteiger partial charge in [-0.1, -0.05) is 35.4 Å². The van der Waals surface area contributed by atoms with Gasteiger partial charge in [0.25, 0.3) is 5.91 Å². The van der Waals surface area contributed by atoms with E-state index in [4.69, 9.17) is 4.42 Å². The van der Waals surface area contributed by atoms with Crippen LogP contribution in [0.5, 0.6) is 0 Å².